The molecule has 0 bridgehead atoms. The molecule has 0 N–H and O–H groups in total. The highest BCUT2D eigenvalue weighted by molar-refractivity contribution is 6.09. The first-order chi connectivity index (χ1) is 16.6. The second-order valence-corrected chi connectivity index (χ2v) is 12.4. The molecule has 36 heavy (non-hydrogen) atoms. The number of carbonyl (C=O) groups excluding carboxylic acids is 4. The molecule has 4 rings (SSSR count). The summed E-state index contributed by atoms with van der Waals surface area (Å²) in [6.07, 6.45) is 1.40. The molecule has 1 saturated carbocycles. The Labute approximate surface area is 213 Å². The fourth-order valence-corrected chi connectivity index (χ4v) is 8.17. The van der Waals surface area contributed by atoms with E-state index in [-0.39, 0.29) is 41.9 Å². The summed E-state index contributed by atoms with van der Waals surface area (Å²) in [7, 11) is 1.30. The molecule has 8 unspecified atom stereocenters. The van der Waals surface area contributed by atoms with Crippen molar-refractivity contribution < 1.29 is 38.1 Å². The molecule has 0 aromatic carbocycles. The Hall–Kier alpha value is -2.38. The Morgan fingerprint density at radius 3 is 2.25 bits per heavy atom. The minimum absolute atomic E-state index is 0.163. The number of allylic oxidation sites excluding steroid dienone is 2. The summed E-state index contributed by atoms with van der Waals surface area (Å²) in [6, 6.07) is 0. The monoisotopic (exact) mass is 504 g/mol. The average molecular weight is 505 g/mol. The molecule has 2 aliphatic heterocycles. The van der Waals surface area contributed by atoms with Crippen molar-refractivity contribution in [1.29, 1.82) is 0 Å². The largest absolute Gasteiger partial charge is 0.490 e. The highest BCUT2D eigenvalue weighted by Crippen LogP contribution is 2.70. The Morgan fingerprint density at radius 2 is 1.67 bits per heavy atom. The van der Waals surface area contributed by atoms with Crippen molar-refractivity contribution in [1.82, 2.24) is 0 Å². The fourth-order valence-electron chi connectivity index (χ4n) is 8.17. The fraction of sp³-hybridized carbons (Fsp3) is 0.786. The molecule has 200 valence electrons. The van der Waals surface area contributed by atoms with Crippen LogP contribution in [-0.4, -0.2) is 48.1 Å². The first-order valence-corrected chi connectivity index (χ1v) is 13.0. The lowest BCUT2D eigenvalue weighted by atomic mass is 9.47. The van der Waals surface area contributed by atoms with E-state index in [2.05, 4.69) is 13.8 Å². The number of esters is 3. The molecule has 0 amide bonds. The molecule has 2 aliphatic carbocycles. The zero-order valence-corrected chi connectivity index (χ0v) is 23.0. The smallest absolute Gasteiger partial charge is 0.316 e. The number of rotatable bonds is 2. The van der Waals surface area contributed by atoms with Crippen LogP contribution < -0.4 is 0 Å². The highest BCUT2D eigenvalue weighted by atomic mass is 16.6. The highest BCUT2D eigenvalue weighted by Gasteiger charge is 2.73. The standard InChI is InChI=1S/C28H40O8/c1-14-22(31)21(24(32)33-9)16(3)26(7)13-28(36-23(14)26)15(2)18(34-17(4)29)12-19-25(5,6)35-20(30)10-11-27(19,28)8/h15-16,18-19,21H,10-13H2,1-9H3. The summed E-state index contributed by atoms with van der Waals surface area (Å²) in [4.78, 5) is 50.9. The molecule has 0 radical (unpaired) electrons. The molecule has 0 aromatic heterocycles. The van der Waals surface area contributed by atoms with E-state index in [0.717, 1.165) is 0 Å². The van der Waals surface area contributed by atoms with Crippen LogP contribution >= 0.6 is 0 Å². The molecule has 4 aliphatic rings. The van der Waals surface area contributed by atoms with Gasteiger partial charge in [0, 0.05) is 48.0 Å². The van der Waals surface area contributed by atoms with Gasteiger partial charge in [0.05, 0.1) is 7.11 Å². The molecular formula is C28H40O8. The number of carbonyl (C=O) groups is 4. The van der Waals surface area contributed by atoms with Crippen molar-refractivity contribution in [3.8, 4) is 0 Å². The molecule has 3 fully saturated rings. The Kier molecular flexibility index (Phi) is 6.16. The minimum Gasteiger partial charge on any atom is -0.490 e. The van der Waals surface area contributed by atoms with Crippen LogP contribution in [0.25, 0.3) is 0 Å². The van der Waals surface area contributed by atoms with E-state index in [1.54, 1.807) is 6.92 Å². The third kappa shape index (κ3) is 3.46. The van der Waals surface area contributed by atoms with Gasteiger partial charge in [-0.05, 0) is 39.5 Å². The summed E-state index contributed by atoms with van der Waals surface area (Å²) in [5.41, 5.74) is -2.39. The summed E-state index contributed by atoms with van der Waals surface area (Å²) in [5.74, 6) is -2.52. The van der Waals surface area contributed by atoms with Crippen molar-refractivity contribution in [2.45, 2.75) is 98.4 Å². The van der Waals surface area contributed by atoms with Crippen molar-refractivity contribution in [2.75, 3.05) is 7.11 Å². The minimum atomic E-state index is -0.912. The molecule has 1 spiro atoms. The van der Waals surface area contributed by atoms with Gasteiger partial charge in [0.2, 0.25) is 0 Å². The van der Waals surface area contributed by atoms with Crippen LogP contribution in [0.1, 0.15) is 81.1 Å². The van der Waals surface area contributed by atoms with Gasteiger partial charge in [-0.2, -0.15) is 0 Å². The molecule has 8 atom stereocenters. The topological polar surface area (TPSA) is 105 Å². The summed E-state index contributed by atoms with van der Waals surface area (Å²) in [6.45, 7) is 15.1. The maximum absolute atomic E-state index is 13.4. The van der Waals surface area contributed by atoms with Gasteiger partial charge >= 0.3 is 17.9 Å². The third-order valence-electron chi connectivity index (χ3n) is 10.3. The second kappa shape index (κ2) is 8.32. The van der Waals surface area contributed by atoms with Crippen LogP contribution in [0.4, 0.5) is 0 Å². The van der Waals surface area contributed by atoms with Gasteiger partial charge < -0.3 is 18.9 Å². The number of methoxy groups -OCH3 is 1. The lowest BCUT2D eigenvalue weighted by molar-refractivity contribution is -0.234. The van der Waals surface area contributed by atoms with E-state index in [0.29, 0.717) is 30.6 Å². The molecular weight excluding hydrogens is 464 g/mol. The van der Waals surface area contributed by atoms with E-state index < -0.39 is 40.0 Å². The first kappa shape index (κ1) is 26.7. The van der Waals surface area contributed by atoms with Crippen LogP contribution in [0, 0.1) is 34.5 Å². The maximum atomic E-state index is 13.4. The van der Waals surface area contributed by atoms with Gasteiger partial charge in [0.25, 0.3) is 0 Å². The summed E-state index contributed by atoms with van der Waals surface area (Å²) < 4.78 is 23.9. The van der Waals surface area contributed by atoms with E-state index in [1.807, 2.05) is 27.7 Å². The van der Waals surface area contributed by atoms with E-state index in [1.165, 1.54) is 14.0 Å². The van der Waals surface area contributed by atoms with E-state index in [4.69, 9.17) is 18.9 Å². The van der Waals surface area contributed by atoms with Crippen LogP contribution in [0.15, 0.2) is 11.3 Å². The van der Waals surface area contributed by atoms with Gasteiger partial charge in [0.1, 0.15) is 29.0 Å². The predicted octanol–water partition coefficient (Wildman–Crippen LogP) is 4.14. The SMILES string of the molecule is COC(=O)C1C(=O)C(C)=C2OC3(CC2(C)C1C)C(C)C(OC(C)=O)CC1C(C)(C)OC(=O)CCC13C. The average Bonchev–Trinajstić information content (AvgIpc) is 3.08. The Balaban J connectivity index is 1.93. The Morgan fingerprint density at radius 1 is 1.03 bits per heavy atom. The van der Waals surface area contributed by atoms with Crippen LogP contribution in [0.5, 0.6) is 0 Å². The van der Waals surface area contributed by atoms with Crippen LogP contribution in [0.3, 0.4) is 0 Å². The van der Waals surface area contributed by atoms with Gasteiger partial charge in [-0.15, -0.1) is 0 Å². The van der Waals surface area contributed by atoms with Crippen LogP contribution in [-0.2, 0) is 38.1 Å². The predicted molar refractivity (Wildman–Crippen MR) is 129 cm³/mol. The number of fused-ring (bicyclic) bond motifs is 3. The number of Topliss-reactive ketones (excluding diaryl/α,β-unsaturated/α-hetero) is 1. The second-order valence-electron chi connectivity index (χ2n) is 12.4. The number of hydrogen-bond acceptors (Lipinski definition) is 8. The molecule has 8 heteroatoms. The van der Waals surface area contributed by atoms with E-state index in [9.17, 15) is 19.2 Å². The number of hydrogen-bond donors (Lipinski definition) is 0. The van der Waals surface area contributed by atoms with E-state index >= 15 is 0 Å². The first-order valence-electron chi connectivity index (χ1n) is 13.0. The van der Waals surface area contributed by atoms with Gasteiger partial charge in [-0.25, -0.2) is 0 Å². The number of ketones is 1. The van der Waals surface area contributed by atoms with Crippen molar-refractivity contribution in [2.24, 2.45) is 34.5 Å². The Bertz CT molecular complexity index is 1040. The normalized spacial score (nSPS) is 43.6. The number of cyclic esters (lactones) is 1. The summed E-state index contributed by atoms with van der Waals surface area (Å²) in [5, 5.41) is 0. The van der Waals surface area contributed by atoms with Crippen molar-refractivity contribution in [3.63, 3.8) is 0 Å². The van der Waals surface area contributed by atoms with Gasteiger partial charge in [-0.1, -0.05) is 27.7 Å². The quantitative estimate of drug-likeness (QED) is 0.314. The number of ether oxygens (including phenoxy) is 4. The molecule has 8 nitrogen and oxygen atoms in total. The third-order valence-corrected chi connectivity index (χ3v) is 10.3. The van der Waals surface area contributed by atoms with Gasteiger partial charge in [0.15, 0.2) is 5.78 Å². The van der Waals surface area contributed by atoms with Crippen molar-refractivity contribution in [3.05, 3.63) is 11.3 Å². The molecule has 2 saturated heterocycles. The molecule has 2 heterocycles. The lowest BCUT2D eigenvalue weighted by Gasteiger charge is -2.60. The summed E-state index contributed by atoms with van der Waals surface area (Å²) >= 11 is 0. The zero-order chi connectivity index (χ0) is 27.0. The lowest BCUT2D eigenvalue weighted by Crippen LogP contribution is -2.66. The molecule has 0 aromatic rings. The zero-order valence-electron chi connectivity index (χ0n) is 23.0. The maximum Gasteiger partial charge on any atom is 0.316 e. The van der Waals surface area contributed by atoms with Crippen LogP contribution in [0.2, 0.25) is 0 Å². The van der Waals surface area contributed by atoms with Crippen molar-refractivity contribution >= 4 is 23.7 Å². The van der Waals surface area contributed by atoms with Gasteiger partial charge in [-0.3, -0.25) is 19.2 Å².